The fourth-order valence-corrected chi connectivity index (χ4v) is 2.35. The van der Waals surface area contributed by atoms with Gasteiger partial charge in [-0.05, 0) is 36.3 Å². The number of ketones is 1. The molecule has 2 aromatic carbocycles. The second-order valence-corrected chi connectivity index (χ2v) is 5.81. The first kappa shape index (κ1) is 17.9. The summed E-state index contributed by atoms with van der Waals surface area (Å²) in [5.41, 5.74) is 8.14. The number of carbonyl (C=O) groups is 1. The average molecular weight is 324 g/mol. The van der Waals surface area contributed by atoms with Crippen LogP contribution in [-0.2, 0) is 4.79 Å². The van der Waals surface area contributed by atoms with Crippen molar-refractivity contribution in [2.75, 3.05) is 12.3 Å². The number of rotatable bonds is 8. The van der Waals surface area contributed by atoms with Crippen molar-refractivity contribution in [1.82, 2.24) is 5.32 Å². The fourth-order valence-electron chi connectivity index (χ4n) is 2.35. The van der Waals surface area contributed by atoms with Gasteiger partial charge in [0.15, 0.2) is 5.78 Å². The third-order valence-electron chi connectivity index (χ3n) is 3.85. The second-order valence-electron chi connectivity index (χ2n) is 5.81. The molecule has 4 heteroatoms. The van der Waals surface area contributed by atoms with E-state index in [1.54, 1.807) is 24.3 Å². The van der Waals surface area contributed by atoms with E-state index in [1.807, 2.05) is 49.4 Å². The van der Waals surface area contributed by atoms with Gasteiger partial charge in [0.05, 0.1) is 6.10 Å². The highest BCUT2D eigenvalue weighted by molar-refractivity contribution is 5.93. The van der Waals surface area contributed by atoms with Crippen LogP contribution in [0, 0.1) is 0 Å². The minimum atomic E-state index is -0.591. The average Bonchev–Trinajstić information content (AvgIpc) is 2.61. The largest absolute Gasteiger partial charge is 0.399 e. The summed E-state index contributed by atoms with van der Waals surface area (Å²) in [6.45, 7) is 2.43. The van der Waals surface area contributed by atoms with Crippen LogP contribution in [0.25, 0.3) is 6.08 Å². The normalized spacial score (nSPS) is 13.8. The molecule has 126 valence electrons. The quantitative estimate of drug-likeness (QED) is 0.515. The predicted octanol–water partition coefficient (Wildman–Crippen LogP) is 2.95. The molecule has 0 aliphatic carbocycles. The molecule has 2 unspecified atom stereocenters. The van der Waals surface area contributed by atoms with E-state index in [9.17, 15) is 9.90 Å². The van der Waals surface area contributed by atoms with Gasteiger partial charge >= 0.3 is 0 Å². The summed E-state index contributed by atoms with van der Waals surface area (Å²) >= 11 is 0. The van der Waals surface area contributed by atoms with Crippen LogP contribution in [-0.4, -0.2) is 23.5 Å². The molecule has 2 atom stereocenters. The van der Waals surface area contributed by atoms with Crippen LogP contribution in [0.2, 0.25) is 0 Å². The zero-order valence-corrected chi connectivity index (χ0v) is 13.9. The van der Waals surface area contributed by atoms with Gasteiger partial charge in [0.1, 0.15) is 0 Å². The highest BCUT2D eigenvalue weighted by atomic mass is 16.3. The summed E-state index contributed by atoms with van der Waals surface area (Å²) in [4.78, 5) is 11.9. The molecule has 0 saturated carbocycles. The number of aliphatic hydroxyl groups is 1. The topological polar surface area (TPSA) is 75.4 Å². The Morgan fingerprint density at radius 2 is 1.83 bits per heavy atom. The smallest absolute Gasteiger partial charge is 0.156 e. The molecule has 2 rings (SSSR count). The summed E-state index contributed by atoms with van der Waals surface area (Å²) < 4.78 is 0. The van der Waals surface area contributed by atoms with Gasteiger partial charge in [-0.1, -0.05) is 48.5 Å². The number of hydrogen-bond acceptors (Lipinski definition) is 4. The van der Waals surface area contributed by atoms with Crippen molar-refractivity contribution >= 4 is 17.5 Å². The molecule has 0 fully saturated rings. The van der Waals surface area contributed by atoms with E-state index in [2.05, 4.69) is 5.32 Å². The molecule has 0 aliphatic heterocycles. The number of nitrogen functional groups attached to an aromatic ring is 1. The van der Waals surface area contributed by atoms with E-state index in [1.165, 1.54) is 0 Å². The number of nitrogens with two attached hydrogens (primary N) is 1. The zero-order chi connectivity index (χ0) is 17.4. The molecule has 24 heavy (non-hydrogen) atoms. The van der Waals surface area contributed by atoms with E-state index in [0.29, 0.717) is 18.7 Å². The second kappa shape index (κ2) is 9.01. The van der Waals surface area contributed by atoms with Gasteiger partial charge in [-0.2, -0.15) is 0 Å². The Morgan fingerprint density at radius 1 is 1.17 bits per heavy atom. The van der Waals surface area contributed by atoms with Crippen LogP contribution in [0.3, 0.4) is 0 Å². The van der Waals surface area contributed by atoms with Gasteiger partial charge in [0.25, 0.3) is 0 Å². The van der Waals surface area contributed by atoms with Crippen molar-refractivity contribution in [2.24, 2.45) is 0 Å². The molecule has 0 radical (unpaired) electrons. The van der Waals surface area contributed by atoms with E-state index >= 15 is 0 Å². The Kier molecular flexibility index (Phi) is 6.73. The Hall–Kier alpha value is -2.43. The maximum atomic E-state index is 11.9. The van der Waals surface area contributed by atoms with Crippen LogP contribution in [0.15, 0.2) is 60.7 Å². The summed E-state index contributed by atoms with van der Waals surface area (Å²) in [7, 11) is 0. The first-order chi connectivity index (χ1) is 11.6. The maximum Gasteiger partial charge on any atom is 0.156 e. The van der Waals surface area contributed by atoms with E-state index in [-0.39, 0.29) is 11.8 Å². The van der Waals surface area contributed by atoms with Gasteiger partial charge < -0.3 is 16.2 Å². The molecular weight excluding hydrogens is 300 g/mol. The third-order valence-corrected chi connectivity index (χ3v) is 3.85. The van der Waals surface area contributed by atoms with E-state index in [0.717, 1.165) is 11.1 Å². The number of carbonyl (C=O) groups excluding carboxylic acids is 1. The standard InChI is InChI=1S/C20H24N2O2/c1-15(20(24)17-5-3-2-4-6-17)22-14-13-19(23)12-9-16-7-10-18(21)11-8-16/h2-12,15,20,22,24H,13-14,21H2,1H3/b12-9+. The van der Waals surface area contributed by atoms with Crippen LogP contribution in [0.4, 0.5) is 5.69 Å². The first-order valence-electron chi connectivity index (χ1n) is 8.09. The SMILES string of the molecule is CC(NCCC(=O)/C=C/c1ccc(N)cc1)C(O)c1ccccc1. The summed E-state index contributed by atoms with van der Waals surface area (Å²) in [5.74, 6) is 0.0423. The minimum absolute atomic E-state index is 0.0423. The molecule has 0 amide bonds. The van der Waals surface area contributed by atoms with Crippen molar-refractivity contribution in [2.45, 2.75) is 25.5 Å². The van der Waals surface area contributed by atoms with Crippen molar-refractivity contribution in [1.29, 1.82) is 0 Å². The van der Waals surface area contributed by atoms with Crippen LogP contribution < -0.4 is 11.1 Å². The molecule has 0 heterocycles. The monoisotopic (exact) mass is 324 g/mol. The summed E-state index contributed by atoms with van der Waals surface area (Å²) in [5, 5.41) is 13.5. The van der Waals surface area contributed by atoms with Crippen molar-refractivity contribution in [3.05, 3.63) is 71.8 Å². The maximum absolute atomic E-state index is 11.9. The third kappa shape index (κ3) is 5.65. The van der Waals surface area contributed by atoms with Gasteiger partial charge in [0.2, 0.25) is 0 Å². The van der Waals surface area contributed by atoms with E-state index in [4.69, 9.17) is 5.73 Å². The Morgan fingerprint density at radius 3 is 2.50 bits per heavy atom. The van der Waals surface area contributed by atoms with Gasteiger partial charge in [-0.15, -0.1) is 0 Å². The number of aliphatic hydroxyl groups excluding tert-OH is 1. The molecule has 4 nitrogen and oxygen atoms in total. The molecule has 0 bridgehead atoms. The van der Waals surface area contributed by atoms with Crippen LogP contribution in [0.1, 0.15) is 30.6 Å². The lowest BCUT2D eigenvalue weighted by Gasteiger charge is -2.20. The Labute approximate surface area is 143 Å². The first-order valence-corrected chi connectivity index (χ1v) is 8.09. The molecular formula is C20H24N2O2. The highest BCUT2D eigenvalue weighted by Crippen LogP contribution is 2.15. The fraction of sp³-hybridized carbons (Fsp3) is 0.250. The lowest BCUT2D eigenvalue weighted by Crippen LogP contribution is -2.33. The Balaban J connectivity index is 1.75. The Bertz CT molecular complexity index is 666. The molecule has 0 aromatic heterocycles. The minimum Gasteiger partial charge on any atom is -0.399 e. The van der Waals surface area contributed by atoms with E-state index < -0.39 is 6.10 Å². The van der Waals surface area contributed by atoms with Crippen molar-refractivity contribution < 1.29 is 9.90 Å². The predicted molar refractivity (Wildman–Crippen MR) is 98.4 cm³/mol. The molecule has 0 aliphatic rings. The number of benzene rings is 2. The lowest BCUT2D eigenvalue weighted by atomic mass is 10.0. The molecule has 4 N–H and O–H groups in total. The summed E-state index contributed by atoms with van der Waals surface area (Å²) in [6.07, 6.45) is 3.15. The van der Waals surface area contributed by atoms with Crippen LogP contribution in [0.5, 0.6) is 0 Å². The number of anilines is 1. The van der Waals surface area contributed by atoms with Gasteiger partial charge in [0, 0.05) is 24.7 Å². The highest BCUT2D eigenvalue weighted by Gasteiger charge is 2.15. The van der Waals surface area contributed by atoms with Gasteiger partial charge in [-0.3, -0.25) is 4.79 Å². The van der Waals surface area contributed by atoms with Crippen molar-refractivity contribution in [3.63, 3.8) is 0 Å². The number of allylic oxidation sites excluding steroid dienone is 1. The summed E-state index contributed by atoms with van der Waals surface area (Å²) in [6, 6.07) is 16.7. The number of nitrogens with one attached hydrogen (secondary N) is 1. The zero-order valence-electron chi connectivity index (χ0n) is 13.9. The van der Waals surface area contributed by atoms with Crippen LogP contribution >= 0.6 is 0 Å². The molecule has 0 saturated heterocycles. The van der Waals surface area contributed by atoms with Gasteiger partial charge in [-0.25, -0.2) is 0 Å². The molecule has 0 spiro atoms. The lowest BCUT2D eigenvalue weighted by molar-refractivity contribution is -0.114. The van der Waals surface area contributed by atoms with Crippen molar-refractivity contribution in [3.8, 4) is 0 Å². The number of hydrogen-bond donors (Lipinski definition) is 3. The molecule has 2 aromatic rings.